The summed E-state index contributed by atoms with van der Waals surface area (Å²) in [5, 5.41) is 0. The highest BCUT2D eigenvalue weighted by Gasteiger charge is 2.04. The van der Waals surface area contributed by atoms with E-state index >= 15 is 0 Å². The molecule has 0 amide bonds. The Morgan fingerprint density at radius 1 is 1.46 bits per heavy atom. The van der Waals surface area contributed by atoms with Crippen LogP contribution in [0, 0.1) is 6.92 Å². The Kier molecular flexibility index (Phi) is 1.48. The van der Waals surface area contributed by atoms with E-state index < -0.39 is 0 Å². The molecule has 0 aromatic carbocycles. The van der Waals surface area contributed by atoms with E-state index in [1.54, 1.807) is 6.92 Å². The number of nitrogen functional groups attached to an aromatic ring is 1. The molecule has 0 unspecified atom stereocenters. The zero-order valence-corrected chi connectivity index (χ0v) is 6.90. The Labute approximate surface area is 72.9 Å². The Bertz CT molecular complexity index is 518. The number of aryl methyl sites for hydroxylation is 1. The highest BCUT2D eigenvalue weighted by Crippen LogP contribution is 2.08. The van der Waals surface area contributed by atoms with Gasteiger partial charge in [-0.15, -0.1) is 0 Å². The van der Waals surface area contributed by atoms with Crippen LogP contribution in [-0.4, -0.2) is 19.9 Å². The second kappa shape index (κ2) is 2.51. The van der Waals surface area contributed by atoms with Gasteiger partial charge in [0.05, 0.1) is 0 Å². The number of hydrogen-bond donors (Lipinski definition) is 2. The van der Waals surface area contributed by atoms with Crippen molar-refractivity contribution in [2.24, 2.45) is 0 Å². The van der Waals surface area contributed by atoms with Gasteiger partial charge in [0, 0.05) is 0 Å². The maximum absolute atomic E-state index is 11.2. The minimum Gasteiger partial charge on any atom is -0.382 e. The fourth-order valence-electron chi connectivity index (χ4n) is 1.01. The normalized spacial score (nSPS) is 10.5. The molecule has 2 aromatic rings. The summed E-state index contributed by atoms with van der Waals surface area (Å²) >= 11 is 0. The van der Waals surface area contributed by atoms with Gasteiger partial charge in [0.15, 0.2) is 11.5 Å². The number of H-pyrrole nitrogens is 1. The predicted octanol–water partition coefficient (Wildman–Crippen LogP) is -0.396. The Hall–Kier alpha value is -1.98. The summed E-state index contributed by atoms with van der Waals surface area (Å²) in [4.78, 5) is 25.3. The Morgan fingerprint density at radius 2 is 2.23 bits per heavy atom. The molecule has 6 nitrogen and oxygen atoms in total. The minimum absolute atomic E-state index is 0.231. The van der Waals surface area contributed by atoms with Crippen LogP contribution in [0.3, 0.4) is 0 Å². The van der Waals surface area contributed by atoms with Crippen molar-refractivity contribution in [1.29, 1.82) is 0 Å². The van der Waals surface area contributed by atoms with E-state index in [1.165, 1.54) is 6.33 Å². The highest BCUT2D eigenvalue weighted by atomic mass is 16.1. The molecule has 0 saturated heterocycles. The molecular weight excluding hydrogens is 170 g/mol. The third-order valence-corrected chi connectivity index (χ3v) is 1.70. The van der Waals surface area contributed by atoms with Crippen LogP contribution in [0.15, 0.2) is 11.1 Å². The summed E-state index contributed by atoms with van der Waals surface area (Å²) in [6.07, 6.45) is 1.31. The molecule has 3 N–H and O–H groups in total. The molecule has 0 aliphatic carbocycles. The first-order valence-electron chi connectivity index (χ1n) is 3.65. The molecule has 2 aromatic heterocycles. The number of rotatable bonds is 0. The molecule has 0 spiro atoms. The SMILES string of the molecule is Cc1nc2ncnc(N)c2[nH]c1=O. The van der Waals surface area contributed by atoms with E-state index in [0.717, 1.165) is 0 Å². The first-order chi connectivity index (χ1) is 6.18. The Balaban J connectivity index is 2.97. The van der Waals surface area contributed by atoms with Crippen LogP contribution in [-0.2, 0) is 0 Å². The fourth-order valence-corrected chi connectivity index (χ4v) is 1.01. The minimum atomic E-state index is -0.269. The molecule has 0 saturated carbocycles. The first kappa shape index (κ1) is 7.66. The number of aromatic nitrogens is 4. The summed E-state index contributed by atoms with van der Waals surface area (Å²) in [6, 6.07) is 0. The zero-order chi connectivity index (χ0) is 9.42. The van der Waals surface area contributed by atoms with Crippen LogP contribution in [0.4, 0.5) is 5.82 Å². The number of hydrogen-bond acceptors (Lipinski definition) is 5. The van der Waals surface area contributed by atoms with Crippen molar-refractivity contribution in [3.05, 3.63) is 22.4 Å². The molecule has 0 aliphatic heterocycles. The van der Waals surface area contributed by atoms with Gasteiger partial charge in [-0.05, 0) is 6.92 Å². The number of fused-ring (bicyclic) bond motifs is 1. The van der Waals surface area contributed by atoms with Crippen LogP contribution in [0.2, 0.25) is 0 Å². The van der Waals surface area contributed by atoms with Crippen LogP contribution in [0.1, 0.15) is 5.69 Å². The van der Waals surface area contributed by atoms with Crippen molar-refractivity contribution in [2.75, 3.05) is 5.73 Å². The van der Waals surface area contributed by atoms with Crippen LogP contribution in [0.25, 0.3) is 11.2 Å². The highest BCUT2D eigenvalue weighted by molar-refractivity contribution is 5.79. The molecule has 0 atom stereocenters. The van der Waals surface area contributed by atoms with Crippen molar-refractivity contribution in [3.8, 4) is 0 Å². The number of anilines is 1. The summed E-state index contributed by atoms with van der Waals surface area (Å²) in [7, 11) is 0. The van der Waals surface area contributed by atoms with Crippen molar-refractivity contribution >= 4 is 17.0 Å². The van der Waals surface area contributed by atoms with Gasteiger partial charge in [0.1, 0.15) is 17.5 Å². The quantitative estimate of drug-likeness (QED) is 0.570. The first-order valence-corrected chi connectivity index (χ1v) is 3.65. The van der Waals surface area contributed by atoms with Crippen LogP contribution >= 0.6 is 0 Å². The lowest BCUT2D eigenvalue weighted by Crippen LogP contribution is -2.13. The van der Waals surface area contributed by atoms with Gasteiger partial charge in [-0.25, -0.2) is 15.0 Å². The largest absolute Gasteiger partial charge is 0.382 e. The topological polar surface area (TPSA) is 97.5 Å². The van der Waals surface area contributed by atoms with Crippen LogP contribution < -0.4 is 11.3 Å². The molecule has 13 heavy (non-hydrogen) atoms. The van der Waals surface area contributed by atoms with Gasteiger partial charge in [-0.2, -0.15) is 0 Å². The lowest BCUT2D eigenvalue weighted by Gasteiger charge is -1.98. The summed E-state index contributed by atoms with van der Waals surface area (Å²) in [6.45, 7) is 1.61. The lowest BCUT2D eigenvalue weighted by atomic mass is 10.4. The van der Waals surface area contributed by atoms with E-state index in [1.807, 2.05) is 0 Å². The number of aromatic amines is 1. The molecular formula is C7H7N5O. The maximum Gasteiger partial charge on any atom is 0.270 e. The second-order valence-corrected chi connectivity index (χ2v) is 2.61. The van der Waals surface area contributed by atoms with E-state index in [-0.39, 0.29) is 11.4 Å². The van der Waals surface area contributed by atoms with Gasteiger partial charge < -0.3 is 10.7 Å². The predicted molar refractivity (Wildman–Crippen MR) is 47.1 cm³/mol. The van der Waals surface area contributed by atoms with Gasteiger partial charge in [0.25, 0.3) is 5.56 Å². The van der Waals surface area contributed by atoms with Crippen molar-refractivity contribution in [3.63, 3.8) is 0 Å². The monoisotopic (exact) mass is 177 g/mol. The summed E-state index contributed by atoms with van der Waals surface area (Å²) in [5.74, 6) is 0.231. The van der Waals surface area contributed by atoms with Gasteiger partial charge in [0.2, 0.25) is 0 Å². The van der Waals surface area contributed by atoms with E-state index in [0.29, 0.717) is 16.9 Å². The van der Waals surface area contributed by atoms with E-state index in [2.05, 4.69) is 19.9 Å². The Morgan fingerprint density at radius 3 is 3.00 bits per heavy atom. The average molecular weight is 177 g/mol. The second-order valence-electron chi connectivity index (χ2n) is 2.61. The lowest BCUT2D eigenvalue weighted by molar-refractivity contribution is 1.07. The third-order valence-electron chi connectivity index (χ3n) is 1.70. The fraction of sp³-hybridized carbons (Fsp3) is 0.143. The van der Waals surface area contributed by atoms with E-state index in [4.69, 9.17) is 5.73 Å². The molecule has 0 fully saturated rings. The number of nitrogens with zero attached hydrogens (tertiary/aromatic N) is 3. The molecule has 0 bridgehead atoms. The molecule has 2 heterocycles. The molecule has 2 rings (SSSR count). The summed E-state index contributed by atoms with van der Waals surface area (Å²) < 4.78 is 0. The summed E-state index contributed by atoms with van der Waals surface area (Å²) in [5.41, 5.74) is 6.40. The number of nitrogens with one attached hydrogen (secondary N) is 1. The van der Waals surface area contributed by atoms with E-state index in [9.17, 15) is 4.79 Å². The standard InChI is InChI=1S/C7H7N5O/c1-3-7(13)12-4-5(8)9-2-10-6(4)11-3/h2H,1H3,(H,12,13)(H2,8,9,10,11). The van der Waals surface area contributed by atoms with Gasteiger partial charge >= 0.3 is 0 Å². The van der Waals surface area contributed by atoms with Gasteiger partial charge in [-0.3, -0.25) is 4.79 Å². The maximum atomic E-state index is 11.2. The smallest absolute Gasteiger partial charge is 0.270 e. The molecule has 0 aliphatic rings. The molecule has 0 radical (unpaired) electrons. The zero-order valence-electron chi connectivity index (χ0n) is 6.90. The van der Waals surface area contributed by atoms with Crippen molar-refractivity contribution in [2.45, 2.75) is 6.92 Å². The average Bonchev–Trinajstić information content (AvgIpc) is 2.09. The van der Waals surface area contributed by atoms with Gasteiger partial charge in [-0.1, -0.05) is 0 Å². The number of nitrogens with two attached hydrogens (primary N) is 1. The molecule has 66 valence electrons. The molecule has 6 heteroatoms. The van der Waals surface area contributed by atoms with Crippen molar-refractivity contribution < 1.29 is 0 Å². The third kappa shape index (κ3) is 1.12. The van der Waals surface area contributed by atoms with Crippen LogP contribution in [0.5, 0.6) is 0 Å². The van der Waals surface area contributed by atoms with Crippen molar-refractivity contribution in [1.82, 2.24) is 19.9 Å².